The van der Waals surface area contributed by atoms with Gasteiger partial charge >= 0.3 is 18.2 Å². The molecule has 10 heteroatoms. The van der Waals surface area contributed by atoms with Gasteiger partial charge < -0.3 is 14.2 Å². The second kappa shape index (κ2) is 10.9. The van der Waals surface area contributed by atoms with Crippen LogP contribution < -0.4 is 5.32 Å². The van der Waals surface area contributed by atoms with Crippen LogP contribution in [0.25, 0.3) is 0 Å². The molecule has 0 radical (unpaired) electrons. The number of nitrogens with one attached hydrogen (secondary N) is 1. The van der Waals surface area contributed by atoms with Gasteiger partial charge in [0.1, 0.15) is 5.60 Å². The zero-order valence-corrected chi connectivity index (χ0v) is 16.1. The minimum Gasteiger partial charge on any atom is -0.444 e. The molecule has 0 aromatic carbocycles. The summed E-state index contributed by atoms with van der Waals surface area (Å²) in [6.45, 7) is 6.54. The first-order valence-electron chi connectivity index (χ1n) is 8.62. The quantitative estimate of drug-likeness (QED) is 0.264. The topological polar surface area (TPSA) is 121 Å². The third-order valence-electron chi connectivity index (χ3n) is 2.92. The Balaban J connectivity index is 2.59. The molecule has 0 spiro atoms. The van der Waals surface area contributed by atoms with Gasteiger partial charge in [0.25, 0.3) is 0 Å². The van der Waals surface area contributed by atoms with Crippen molar-refractivity contribution < 1.29 is 28.6 Å². The van der Waals surface area contributed by atoms with Gasteiger partial charge in [-0.1, -0.05) is 19.8 Å². The molecule has 2 amide bonds. The maximum atomic E-state index is 11.9. The van der Waals surface area contributed by atoms with E-state index in [2.05, 4.69) is 15.4 Å². The molecule has 0 saturated carbocycles. The van der Waals surface area contributed by atoms with Crippen molar-refractivity contribution in [1.29, 1.82) is 0 Å². The van der Waals surface area contributed by atoms with Crippen LogP contribution in [0.3, 0.4) is 0 Å². The van der Waals surface area contributed by atoms with Gasteiger partial charge in [-0.05, 0) is 33.3 Å². The number of unbranched alkanes of at least 4 members (excludes halogenated alkanes) is 2. The molecule has 1 aromatic heterocycles. The number of aliphatic imine (C=N–C) groups is 1. The number of hydrogen-bond donors (Lipinski definition) is 1. The second-order valence-electron chi connectivity index (χ2n) is 6.51. The number of nitrogens with zero attached hydrogens (tertiary/aromatic N) is 3. The summed E-state index contributed by atoms with van der Waals surface area (Å²) in [5.41, 5.74) is -0.730. The van der Waals surface area contributed by atoms with Crippen LogP contribution in [0.1, 0.15) is 53.4 Å². The van der Waals surface area contributed by atoms with E-state index in [1.165, 1.54) is 12.4 Å². The standard InChI is InChI=1S/C17H26N4O6/c1-5-6-7-9-13(22)25-12-26-15(23)19-14(21-11-8-10-18-21)20-16(24)27-17(2,3)4/h8,10-11H,5-7,9,12H2,1-4H3,(H,19,20,23,24). The number of carbonyl (C=O) groups is 3. The van der Waals surface area contributed by atoms with Crippen LogP contribution in [0.2, 0.25) is 0 Å². The number of esters is 1. The van der Waals surface area contributed by atoms with Crippen molar-refractivity contribution in [3.8, 4) is 0 Å². The van der Waals surface area contributed by atoms with E-state index in [1.807, 2.05) is 6.92 Å². The van der Waals surface area contributed by atoms with Gasteiger partial charge in [0.05, 0.1) is 0 Å². The highest BCUT2D eigenvalue weighted by Gasteiger charge is 2.19. The van der Waals surface area contributed by atoms with Crippen molar-refractivity contribution >= 4 is 24.1 Å². The van der Waals surface area contributed by atoms with E-state index in [0.717, 1.165) is 17.5 Å². The van der Waals surface area contributed by atoms with E-state index >= 15 is 0 Å². The fourth-order valence-electron chi connectivity index (χ4n) is 1.78. The Bertz CT molecular complexity index is 649. The van der Waals surface area contributed by atoms with E-state index < -0.39 is 30.5 Å². The Morgan fingerprint density at radius 3 is 2.52 bits per heavy atom. The lowest BCUT2D eigenvalue weighted by atomic mass is 10.2. The molecule has 0 bridgehead atoms. The molecule has 150 valence electrons. The van der Waals surface area contributed by atoms with Gasteiger partial charge in [0, 0.05) is 18.8 Å². The number of rotatable bonds is 6. The third kappa shape index (κ3) is 9.97. The van der Waals surface area contributed by atoms with Gasteiger partial charge in [-0.25, -0.2) is 14.3 Å². The first-order valence-corrected chi connectivity index (χ1v) is 8.62. The highest BCUT2D eigenvalue weighted by Crippen LogP contribution is 2.06. The average Bonchev–Trinajstić information content (AvgIpc) is 3.07. The molecule has 1 N–H and O–H groups in total. The molecular formula is C17H26N4O6. The minimum absolute atomic E-state index is 0.214. The van der Waals surface area contributed by atoms with E-state index in [4.69, 9.17) is 14.2 Å². The Morgan fingerprint density at radius 2 is 1.93 bits per heavy atom. The lowest BCUT2D eigenvalue weighted by Gasteiger charge is -2.19. The fourth-order valence-corrected chi connectivity index (χ4v) is 1.78. The predicted molar refractivity (Wildman–Crippen MR) is 96.0 cm³/mol. The van der Waals surface area contributed by atoms with E-state index in [0.29, 0.717) is 6.42 Å². The summed E-state index contributed by atoms with van der Waals surface area (Å²) >= 11 is 0. The summed E-state index contributed by atoms with van der Waals surface area (Å²) in [6, 6.07) is 1.58. The first kappa shape index (κ1) is 22.1. The molecule has 1 rings (SSSR count). The zero-order chi connectivity index (χ0) is 20.3. The molecule has 0 fully saturated rings. The van der Waals surface area contributed by atoms with Gasteiger partial charge in [0.15, 0.2) is 0 Å². The summed E-state index contributed by atoms with van der Waals surface area (Å²) in [5.74, 6) is -0.673. The monoisotopic (exact) mass is 382 g/mol. The maximum absolute atomic E-state index is 11.9. The molecule has 0 aliphatic rings. The highest BCUT2D eigenvalue weighted by atomic mass is 16.7. The van der Waals surface area contributed by atoms with Gasteiger partial charge in [-0.3, -0.25) is 10.1 Å². The molecule has 0 aliphatic heterocycles. The van der Waals surface area contributed by atoms with Crippen LogP contribution in [0.4, 0.5) is 9.59 Å². The summed E-state index contributed by atoms with van der Waals surface area (Å²) in [5, 5.41) is 6.21. The molecule has 0 saturated heterocycles. The summed E-state index contributed by atoms with van der Waals surface area (Å²) in [6.07, 6.45) is 3.91. The third-order valence-corrected chi connectivity index (χ3v) is 2.92. The summed E-state index contributed by atoms with van der Waals surface area (Å²) in [4.78, 5) is 38.8. The smallest absolute Gasteiger partial charge is 0.439 e. The number of ether oxygens (including phenoxy) is 3. The van der Waals surface area contributed by atoms with E-state index in [1.54, 1.807) is 26.8 Å². The Hall–Kier alpha value is -2.91. The lowest BCUT2D eigenvalue weighted by Crippen LogP contribution is -2.40. The molecule has 10 nitrogen and oxygen atoms in total. The van der Waals surface area contributed by atoms with Gasteiger partial charge in [-0.15, -0.1) is 4.99 Å². The number of amides is 2. The summed E-state index contributed by atoms with van der Waals surface area (Å²) < 4.78 is 15.8. The van der Waals surface area contributed by atoms with Crippen LogP contribution in [0, 0.1) is 0 Å². The zero-order valence-electron chi connectivity index (χ0n) is 16.1. The first-order chi connectivity index (χ1) is 12.7. The second-order valence-corrected chi connectivity index (χ2v) is 6.51. The molecule has 1 aromatic rings. The van der Waals surface area contributed by atoms with Crippen LogP contribution in [0.15, 0.2) is 23.5 Å². The number of carbonyl (C=O) groups excluding carboxylic acids is 3. The van der Waals surface area contributed by atoms with Crippen LogP contribution in [-0.4, -0.2) is 46.3 Å². The molecule has 0 aliphatic carbocycles. The predicted octanol–water partition coefficient (Wildman–Crippen LogP) is 2.83. The van der Waals surface area contributed by atoms with E-state index in [9.17, 15) is 14.4 Å². The lowest BCUT2D eigenvalue weighted by molar-refractivity contribution is -0.151. The normalized spacial score (nSPS) is 11.6. The summed E-state index contributed by atoms with van der Waals surface area (Å²) in [7, 11) is 0. The fraction of sp³-hybridized carbons (Fsp3) is 0.588. The van der Waals surface area contributed by atoms with Crippen LogP contribution in [-0.2, 0) is 19.0 Å². The Morgan fingerprint density at radius 1 is 1.19 bits per heavy atom. The largest absolute Gasteiger partial charge is 0.444 e. The molecule has 0 atom stereocenters. The molecule has 1 heterocycles. The number of aromatic nitrogens is 2. The van der Waals surface area contributed by atoms with E-state index in [-0.39, 0.29) is 12.4 Å². The van der Waals surface area contributed by atoms with Crippen molar-refractivity contribution in [3.05, 3.63) is 18.5 Å². The minimum atomic E-state index is -1.06. The molecule has 0 unspecified atom stereocenters. The van der Waals surface area contributed by atoms with Crippen molar-refractivity contribution in [2.75, 3.05) is 6.79 Å². The van der Waals surface area contributed by atoms with Crippen molar-refractivity contribution in [2.24, 2.45) is 4.99 Å². The Kier molecular flexibility index (Phi) is 8.97. The molecular weight excluding hydrogens is 356 g/mol. The maximum Gasteiger partial charge on any atom is 0.439 e. The van der Waals surface area contributed by atoms with Crippen molar-refractivity contribution in [3.63, 3.8) is 0 Å². The SMILES string of the molecule is CCCCCC(=O)OCOC(=O)/N=C(/NC(=O)OC(C)(C)C)n1cccn1. The average molecular weight is 382 g/mol. The number of hydrogen-bond acceptors (Lipinski definition) is 7. The highest BCUT2D eigenvalue weighted by molar-refractivity contribution is 5.99. The van der Waals surface area contributed by atoms with Gasteiger partial charge in [0.2, 0.25) is 12.8 Å². The van der Waals surface area contributed by atoms with Crippen molar-refractivity contribution in [2.45, 2.75) is 59.0 Å². The number of alkyl carbamates (subject to hydrolysis) is 1. The Labute approximate surface area is 157 Å². The van der Waals surface area contributed by atoms with Gasteiger partial charge in [-0.2, -0.15) is 5.10 Å². The van der Waals surface area contributed by atoms with Crippen molar-refractivity contribution in [1.82, 2.24) is 15.1 Å². The van der Waals surface area contributed by atoms with Crippen LogP contribution >= 0.6 is 0 Å². The van der Waals surface area contributed by atoms with Crippen LogP contribution in [0.5, 0.6) is 0 Å². The molecule has 27 heavy (non-hydrogen) atoms.